The number of hydrogen-bond donors (Lipinski definition) is 1. The Balaban J connectivity index is 2.64. The number of esters is 1. The third-order valence-corrected chi connectivity index (χ3v) is 3.91. The predicted molar refractivity (Wildman–Crippen MR) is 97.2 cm³/mol. The van der Waals surface area contributed by atoms with Gasteiger partial charge in [0, 0.05) is 11.7 Å². The van der Waals surface area contributed by atoms with E-state index in [1.54, 1.807) is 34.6 Å². The van der Waals surface area contributed by atoms with Gasteiger partial charge < -0.3 is 23.6 Å². The first-order chi connectivity index (χ1) is 12.4. The molecule has 0 bridgehead atoms. The Bertz CT molecular complexity index is 728. The molecule has 1 aromatic heterocycles. The number of aryl methyl sites for hydroxylation is 1. The number of amides is 1. The van der Waals surface area contributed by atoms with Gasteiger partial charge in [0.15, 0.2) is 18.1 Å². The summed E-state index contributed by atoms with van der Waals surface area (Å²) in [4.78, 5) is 47.1. The number of nitrogens with one attached hydrogen (secondary N) is 1. The van der Waals surface area contributed by atoms with Crippen molar-refractivity contribution in [1.82, 2.24) is 5.32 Å². The summed E-state index contributed by atoms with van der Waals surface area (Å²) in [6.07, 6.45) is 0. The van der Waals surface area contributed by atoms with Crippen molar-refractivity contribution in [2.45, 2.75) is 59.8 Å². The Morgan fingerprint density at radius 3 is 2.30 bits per heavy atom. The Kier molecular flexibility index (Phi) is 8.14. The average molecular weight is 403 g/mol. The van der Waals surface area contributed by atoms with E-state index in [-0.39, 0.29) is 35.7 Å². The van der Waals surface area contributed by atoms with Gasteiger partial charge in [-0.15, -0.1) is 0 Å². The van der Waals surface area contributed by atoms with Crippen LogP contribution in [0.5, 0.6) is 0 Å². The van der Waals surface area contributed by atoms with Crippen molar-refractivity contribution >= 4 is 28.9 Å². The molecule has 1 rings (SSSR count). The maximum Gasteiger partial charge on any atom is 0.519 e. The zero-order valence-electron chi connectivity index (χ0n) is 16.2. The van der Waals surface area contributed by atoms with E-state index in [4.69, 9.17) is 13.9 Å². The molecule has 27 heavy (non-hydrogen) atoms. The van der Waals surface area contributed by atoms with Crippen LogP contribution < -0.4 is 11.1 Å². The number of thioether (sulfide) groups is 1. The second kappa shape index (κ2) is 9.63. The molecule has 10 heteroatoms. The summed E-state index contributed by atoms with van der Waals surface area (Å²) >= 11 is 0.697. The van der Waals surface area contributed by atoms with Crippen LogP contribution in [0.3, 0.4) is 0 Å². The zero-order valence-corrected chi connectivity index (χ0v) is 17.1. The van der Waals surface area contributed by atoms with Gasteiger partial charge in [-0.2, -0.15) is 0 Å². The van der Waals surface area contributed by atoms with Crippen LogP contribution in [0, 0.1) is 12.8 Å². The van der Waals surface area contributed by atoms with Gasteiger partial charge in [-0.3, -0.25) is 4.79 Å². The van der Waals surface area contributed by atoms with E-state index in [1.165, 1.54) is 6.92 Å². The minimum absolute atomic E-state index is 0.0689. The second-order valence-corrected chi connectivity index (χ2v) is 7.99. The largest absolute Gasteiger partial charge is 0.519 e. The molecule has 152 valence electrons. The molecule has 0 radical (unpaired) electrons. The smallest absolute Gasteiger partial charge is 0.458 e. The van der Waals surface area contributed by atoms with Crippen molar-refractivity contribution in [2.24, 2.45) is 5.92 Å². The normalized spacial score (nSPS) is 12.6. The first kappa shape index (κ1) is 22.8. The van der Waals surface area contributed by atoms with E-state index in [9.17, 15) is 19.2 Å². The van der Waals surface area contributed by atoms with E-state index >= 15 is 0 Å². The van der Waals surface area contributed by atoms with Crippen LogP contribution >= 0.6 is 11.8 Å². The van der Waals surface area contributed by atoms with E-state index in [1.807, 2.05) is 0 Å². The van der Waals surface area contributed by atoms with Crippen LogP contribution in [0.15, 0.2) is 13.6 Å². The Labute approximate surface area is 161 Å². The number of carbonyl (C=O) groups excluding carboxylic acids is 3. The number of rotatable bonds is 7. The van der Waals surface area contributed by atoms with Crippen molar-refractivity contribution < 1.29 is 32.7 Å². The fourth-order valence-electron chi connectivity index (χ4n) is 1.70. The van der Waals surface area contributed by atoms with Gasteiger partial charge in [-0.05, 0) is 39.5 Å². The van der Waals surface area contributed by atoms with Crippen molar-refractivity contribution in [1.29, 1.82) is 0 Å². The lowest BCUT2D eigenvalue weighted by molar-refractivity contribution is -0.158. The zero-order chi connectivity index (χ0) is 20.8. The van der Waals surface area contributed by atoms with Crippen molar-refractivity contribution in [2.75, 3.05) is 5.75 Å². The minimum Gasteiger partial charge on any atom is -0.458 e. The summed E-state index contributed by atoms with van der Waals surface area (Å²) < 4.78 is 19.6. The molecular weight excluding hydrogens is 378 g/mol. The fourth-order valence-corrected chi connectivity index (χ4v) is 2.37. The van der Waals surface area contributed by atoms with Gasteiger partial charge in [0.05, 0.1) is 0 Å². The van der Waals surface area contributed by atoms with E-state index in [2.05, 4.69) is 9.73 Å². The molecule has 0 aliphatic heterocycles. The minimum atomic E-state index is -1.01. The average Bonchev–Trinajstić information content (AvgIpc) is 2.84. The Hall–Kier alpha value is -2.23. The van der Waals surface area contributed by atoms with Crippen LogP contribution in [0.2, 0.25) is 0 Å². The van der Waals surface area contributed by atoms with E-state index < -0.39 is 28.7 Å². The van der Waals surface area contributed by atoms with Gasteiger partial charge in [-0.1, -0.05) is 13.8 Å². The Morgan fingerprint density at radius 1 is 1.19 bits per heavy atom. The molecule has 0 aliphatic carbocycles. The summed E-state index contributed by atoms with van der Waals surface area (Å²) in [7, 11) is 0. The maximum absolute atomic E-state index is 12.3. The molecule has 0 unspecified atom stereocenters. The lowest BCUT2D eigenvalue weighted by atomic mass is 10.1. The quantitative estimate of drug-likeness (QED) is 0.683. The van der Waals surface area contributed by atoms with Gasteiger partial charge >= 0.3 is 17.1 Å². The molecule has 0 saturated carbocycles. The second-order valence-electron chi connectivity index (χ2n) is 7.03. The first-order valence-electron chi connectivity index (χ1n) is 8.31. The molecule has 0 spiro atoms. The van der Waals surface area contributed by atoms with Crippen molar-refractivity contribution in [3.8, 4) is 0 Å². The topological polar surface area (TPSA) is 125 Å². The van der Waals surface area contributed by atoms with Crippen LogP contribution in [-0.4, -0.2) is 34.6 Å². The van der Waals surface area contributed by atoms with E-state index in [0.29, 0.717) is 11.8 Å². The van der Waals surface area contributed by atoms with Gasteiger partial charge in [0.25, 0.3) is 0 Å². The van der Waals surface area contributed by atoms with Crippen molar-refractivity contribution in [3.05, 3.63) is 22.1 Å². The monoisotopic (exact) mass is 403 g/mol. The summed E-state index contributed by atoms with van der Waals surface area (Å²) in [5.41, 5.74) is -0.737. The fraction of sp³-hybridized carbons (Fsp3) is 0.647. The molecule has 0 saturated heterocycles. The number of ether oxygens (including phenoxy) is 2. The number of carbonyl (C=O) groups is 3. The molecule has 0 fully saturated rings. The van der Waals surface area contributed by atoms with E-state index in [0.717, 1.165) is 0 Å². The molecule has 9 nitrogen and oxygen atoms in total. The molecule has 0 aliphatic rings. The highest BCUT2D eigenvalue weighted by Gasteiger charge is 2.28. The third-order valence-electron chi connectivity index (χ3n) is 3.06. The number of hydrogen-bond acceptors (Lipinski definition) is 9. The molecule has 1 heterocycles. The lowest BCUT2D eigenvalue weighted by Gasteiger charge is -2.24. The predicted octanol–water partition coefficient (Wildman–Crippen LogP) is 2.39. The Morgan fingerprint density at radius 2 is 1.81 bits per heavy atom. The summed E-state index contributed by atoms with van der Waals surface area (Å²) in [6.45, 7) is 9.70. The molecule has 0 aromatic carbocycles. The van der Waals surface area contributed by atoms with Crippen LogP contribution in [0.4, 0.5) is 4.79 Å². The third kappa shape index (κ3) is 8.33. The molecule has 1 amide bonds. The molecule has 1 aromatic rings. The van der Waals surface area contributed by atoms with Gasteiger partial charge in [0.1, 0.15) is 11.6 Å². The SMILES string of the molecule is Cc1oc(=O)oc1COC(=O)SC[C@H](NC(=O)C(C)C)C(=O)OC(C)(C)C. The maximum atomic E-state index is 12.3. The lowest BCUT2D eigenvalue weighted by Crippen LogP contribution is -2.47. The summed E-state index contributed by atoms with van der Waals surface area (Å²) in [5.74, 6) is -1.95. The van der Waals surface area contributed by atoms with Gasteiger partial charge in [-0.25, -0.2) is 14.4 Å². The standard InChI is InChI=1S/C17H25NO8S/c1-9(2)13(19)18-11(14(20)26-17(4,5)6)8-27-16(22)23-7-12-10(3)24-15(21)25-12/h9,11H,7-8H2,1-6H3,(H,18,19)/t11-/m0/s1. The molecule has 1 N–H and O–H groups in total. The highest BCUT2D eigenvalue weighted by atomic mass is 32.2. The molecular formula is C17H25NO8S. The highest BCUT2D eigenvalue weighted by Crippen LogP contribution is 2.15. The van der Waals surface area contributed by atoms with Gasteiger partial charge in [0.2, 0.25) is 5.91 Å². The molecule has 1 atom stereocenters. The van der Waals surface area contributed by atoms with Crippen molar-refractivity contribution in [3.63, 3.8) is 0 Å². The highest BCUT2D eigenvalue weighted by molar-refractivity contribution is 8.13. The van der Waals surface area contributed by atoms with Crippen LogP contribution in [0.1, 0.15) is 46.1 Å². The van der Waals surface area contributed by atoms with Crippen LogP contribution in [-0.2, 0) is 25.7 Å². The summed E-state index contributed by atoms with van der Waals surface area (Å²) in [5, 5.41) is 1.86. The summed E-state index contributed by atoms with van der Waals surface area (Å²) in [6, 6.07) is -1.01. The van der Waals surface area contributed by atoms with Crippen LogP contribution in [0.25, 0.3) is 0 Å². The first-order valence-corrected chi connectivity index (χ1v) is 9.29.